The van der Waals surface area contributed by atoms with E-state index in [-0.39, 0.29) is 5.75 Å². The lowest BCUT2D eigenvalue weighted by Gasteiger charge is -2.10. The highest BCUT2D eigenvalue weighted by molar-refractivity contribution is 5.95. The lowest BCUT2D eigenvalue weighted by Crippen LogP contribution is -2.02. The van der Waals surface area contributed by atoms with E-state index in [1.165, 1.54) is 13.2 Å². The molecule has 0 aliphatic heterocycles. The van der Waals surface area contributed by atoms with Gasteiger partial charge in [-0.3, -0.25) is 0 Å². The molecule has 1 aromatic rings. The Morgan fingerprint density at radius 3 is 2.43 bits per heavy atom. The van der Waals surface area contributed by atoms with Crippen LogP contribution in [0.2, 0.25) is 0 Å². The van der Waals surface area contributed by atoms with Crippen molar-refractivity contribution < 1.29 is 24.9 Å². The number of hydrogen-bond donors (Lipinski definition) is 3. The summed E-state index contributed by atoms with van der Waals surface area (Å²) in [4.78, 5) is 10.8. The Morgan fingerprint density at radius 1 is 1.43 bits per heavy atom. The molecule has 76 valence electrons. The Balaban J connectivity index is 3.56. The third-order valence-corrected chi connectivity index (χ3v) is 1.84. The van der Waals surface area contributed by atoms with E-state index < -0.39 is 23.0 Å². The number of carboxylic acid groups (broad SMARTS) is 1. The van der Waals surface area contributed by atoms with Crippen molar-refractivity contribution in [3.05, 3.63) is 17.2 Å². The highest BCUT2D eigenvalue weighted by Gasteiger charge is 2.21. The molecule has 1 aromatic carbocycles. The van der Waals surface area contributed by atoms with E-state index in [4.69, 9.17) is 9.84 Å². The molecule has 0 amide bonds. The predicted octanol–water partition coefficient (Wildman–Crippen LogP) is 1.11. The van der Waals surface area contributed by atoms with E-state index in [0.29, 0.717) is 5.56 Å². The van der Waals surface area contributed by atoms with Crippen molar-refractivity contribution in [3.63, 3.8) is 0 Å². The van der Waals surface area contributed by atoms with Gasteiger partial charge in [0.1, 0.15) is 11.3 Å². The Morgan fingerprint density at radius 2 is 2.00 bits per heavy atom. The fraction of sp³-hybridized carbons (Fsp3) is 0.222. The van der Waals surface area contributed by atoms with E-state index in [0.717, 1.165) is 0 Å². The molecule has 0 unspecified atom stereocenters. The second-order valence-corrected chi connectivity index (χ2v) is 2.77. The molecule has 5 nitrogen and oxygen atoms in total. The number of aryl methyl sites for hydroxylation is 1. The fourth-order valence-corrected chi connectivity index (χ4v) is 1.23. The van der Waals surface area contributed by atoms with Gasteiger partial charge >= 0.3 is 5.97 Å². The van der Waals surface area contributed by atoms with Gasteiger partial charge in [-0.15, -0.1) is 0 Å². The van der Waals surface area contributed by atoms with Crippen molar-refractivity contribution >= 4 is 5.97 Å². The Kier molecular flexibility index (Phi) is 2.51. The molecule has 14 heavy (non-hydrogen) atoms. The van der Waals surface area contributed by atoms with Gasteiger partial charge in [0.25, 0.3) is 0 Å². The van der Waals surface area contributed by atoms with Crippen LogP contribution < -0.4 is 4.74 Å². The van der Waals surface area contributed by atoms with Gasteiger partial charge in [-0.1, -0.05) is 0 Å². The second kappa shape index (κ2) is 3.45. The van der Waals surface area contributed by atoms with Gasteiger partial charge < -0.3 is 20.1 Å². The summed E-state index contributed by atoms with van der Waals surface area (Å²) >= 11 is 0. The summed E-state index contributed by atoms with van der Waals surface area (Å²) < 4.78 is 4.82. The van der Waals surface area contributed by atoms with Gasteiger partial charge in [0.05, 0.1) is 7.11 Å². The van der Waals surface area contributed by atoms with Crippen molar-refractivity contribution in [2.45, 2.75) is 6.92 Å². The number of aromatic carboxylic acids is 1. The molecule has 5 heteroatoms. The largest absolute Gasteiger partial charge is 0.504 e. The van der Waals surface area contributed by atoms with Crippen LogP contribution in [0, 0.1) is 6.92 Å². The van der Waals surface area contributed by atoms with E-state index >= 15 is 0 Å². The van der Waals surface area contributed by atoms with E-state index in [1.807, 2.05) is 0 Å². The van der Waals surface area contributed by atoms with Crippen LogP contribution >= 0.6 is 0 Å². The van der Waals surface area contributed by atoms with Gasteiger partial charge in [-0.2, -0.15) is 0 Å². The summed E-state index contributed by atoms with van der Waals surface area (Å²) in [7, 11) is 1.30. The minimum atomic E-state index is -1.35. The Bertz CT molecular complexity index is 383. The molecule has 0 saturated carbocycles. The quantitative estimate of drug-likeness (QED) is 0.619. The van der Waals surface area contributed by atoms with Crippen molar-refractivity contribution in [2.24, 2.45) is 0 Å². The van der Waals surface area contributed by atoms with Gasteiger partial charge in [0, 0.05) is 0 Å². The average molecular weight is 198 g/mol. The number of phenols is 2. The average Bonchev–Trinajstić information content (AvgIpc) is 2.10. The number of benzene rings is 1. The number of hydrogen-bond acceptors (Lipinski definition) is 4. The third-order valence-electron chi connectivity index (χ3n) is 1.84. The molecule has 0 atom stereocenters. The molecule has 0 aliphatic carbocycles. The maximum atomic E-state index is 10.8. The number of carbonyl (C=O) groups is 1. The highest BCUT2D eigenvalue weighted by Crippen LogP contribution is 2.38. The number of ether oxygens (including phenoxy) is 1. The summed E-state index contributed by atoms with van der Waals surface area (Å²) in [6.45, 7) is 1.57. The number of rotatable bonds is 2. The van der Waals surface area contributed by atoms with Crippen molar-refractivity contribution in [1.82, 2.24) is 0 Å². The predicted molar refractivity (Wildman–Crippen MR) is 48.0 cm³/mol. The summed E-state index contributed by atoms with van der Waals surface area (Å²) in [5.41, 5.74) is 0.0187. The first-order valence-corrected chi connectivity index (χ1v) is 3.81. The van der Waals surface area contributed by atoms with Crippen LogP contribution in [0.15, 0.2) is 6.07 Å². The molecule has 0 radical (unpaired) electrons. The first kappa shape index (κ1) is 10.2. The van der Waals surface area contributed by atoms with Crippen LogP contribution in [0.3, 0.4) is 0 Å². The van der Waals surface area contributed by atoms with Crippen LogP contribution in [0.4, 0.5) is 0 Å². The zero-order valence-corrected chi connectivity index (χ0v) is 7.74. The lowest BCUT2D eigenvalue weighted by atomic mass is 10.1. The number of phenolic OH excluding ortho intramolecular Hbond substituents is 1. The molecule has 0 aliphatic rings. The van der Waals surface area contributed by atoms with Gasteiger partial charge in [0.2, 0.25) is 0 Å². The smallest absolute Gasteiger partial charge is 0.343 e. The van der Waals surface area contributed by atoms with E-state index in [1.54, 1.807) is 6.92 Å². The highest BCUT2D eigenvalue weighted by atomic mass is 16.5. The molecule has 0 aromatic heterocycles. The molecule has 0 saturated heterocycles. The van der Waals surface area contributed by atoms with Crippen LogP contribution in [-0.4, -0.2) is 28.4 Å². The number of methoxy groups -OCH3 is 1. The molecule has 0 spiro atoms. The zero-order valence-electron chi connectivity index (χ0n) is 7.74. The monoisotopic (exact) mass is 198 g/mol. The maximum Gasteiger partial charge on any atom is 0.343 e. The number of aromatic hydroxyl groups is 2. The van der Waals surface area contributed by atoms with Crippen molar-refractivity contribution in [2.75, 3.05) is 7.11 Å². The Hall–Kier alpha value is -1.91. The van der Waals surface area contributed by atoms with Gasteiger partial charge in [-0.05, 0) is 18.6 Å². The number of carboxylic acids is 1. The van der Waals surface area contributed by atoms with Gasteiger partial charge in [-0.25, -0.2) is 4.79 Å². The summed E-state index contributed by atoms with van der Waals surface area (Å²) in [6.07, 6.45) is 0. The summed E-state index contributed by atoms with van der Waals surface area (Å²) in [5.74, 6) is -2.45. The molecule has 1 rings (SSSR count). The van der Waals surface area contributed by atoms with Crippen LogP contribution in [0.1, 0.15) is 15.9 Å². The summed E-state index contributed by atoms with van der Waals surface area (Å²) in [6, 6.07) is 1.24. The third kappa shape index (κ3) is 1.44. The van der Waals surface area contributed by atoms with Crippen LogP contribution in [0.5, 0.6) is 17.2 Å². The van der Waals surface area contributed by atoms with Gasteiger partial charge in [0.15, 0.2) is 11.5 Å². The summed E-state index contributed by atoms with van der Waals surface area (Å²) in [5, 5.41) is 27.2. The first-order chi connectivity index (χ1) is 6.49. The van der Waals surface area contributed by atoms with E-state index in [2.05, 4.69) is 0 Å². The second-order valence-electron chi connectivity index (χ2n) is 2.77. The molecular weight excluding hydrogens is 188 g/mol. The molecule has 3 N–H and O–H groups in total. The SMILES string of the molecule is COc1c(C)cc(O)c(O)c1C(=O)O. The van der Waals surface area contributed by atoms with E-state index in [9.17, 15) is 15.0 Å². The van der Waals surface area contributed by atoms with Crippen LogP contribution in [-0.2, 0) is 0 Å². The van der Waals surface area contributed by atoms with Crippen molar-refractivity contribution in [3.8, 4) is 17.2 Å². The Labute approximate surface area is 80.2 Å². The fourth-order valence-electron chi connectivity index (χ4n) is 1.23. The topological polar surface area (TPSA) is 87.0 Å². The molecular formula is C9H10O5. The molecule has 0 bridgehead atoms. The minimum absolute atomic E-state index is 0.0489. The maximum absolute atomic E-state index is 10.8. The zero-order chi connectivity index (χ0) is 10.9. The van der Waals surface area contributed by atoms with Crippen LogP contribution in [0.25, 0.3) is 0 Å². The van der Waals surface area contributed by atoms with Crippen molar-refractivity contribution in [1.29, 1.82) is 0 Å². The molecule has 0 heterocycles. The lowest BCUT2D eigenvalue weighted by molar-refractivity contribution is 0.0689. The standard InChI is InChI=1S/C9H10O5/c1-4-3-5(10)7(11)6(9(12)13)8(4)14-2/h3,10-11H,1-2H3,(H,12,13). The molecule has 0 fully saturated rings. The minimum Gasteiger partial charge on any atom is -0.504 e. The first-order valence-electron chi connectivity index (χ1n) is 3.81. The normalized spacial score (nSPS) is 9.86.